The Hall–Kier alpha value is -0.650. The molecule has 5 heteroatoms. The van der Waals surface area contributed by atoms with Gasteiger partial charge in [-0.3, -0.25) is 4.79 Å². The molecule has 0 saturated carbocycles. The van der Waals surface area contributed by atoms with Gasteiger partial charge in [0.05, 0.1) is 19.8 Å². The number of rotatable bonds is 6. The molecule has 88 valence electrons. The zero-order valence-electron chi connectivity index (χ0n) is 9.07. The van der Waals surface area contributed by atoms with Crippen molar-refractivity contribution in [3.05, 3.63) is 0 Å². The third kappa shape index (κ3) is 5.11. The summed E-state index contributed by atoms with van der Waals surface area (Å²) in [6.45, 7) is 4.11. The fourth-order valence-corrected chi connectivity index (χ4v) is 1.48. The Labute approximate surface area is 90.4 Å². The quantitative estimate of drug-likeness (QED) is 0.571. The van der Waals surface area contributed by atoms with Crippen LogP contribution < -0.4 is 5.32 Å². The molecule has 1 aliphatic rings. The van der Waals surface area contributed by atoms with E-state index >= 15 is 0 Å². The van der Waals surface area contributed by atoms with Crippen LogP contribution in [0.2, 0.25) is 0 Å². The van der Waals surface area contributed by atoms with Crippen LogP contribution in [0.1, 0.15) is 12.8 Å². The van der Waals surface area contributed by atoms with E-state index in [2.05, 4.69) is 5.32 Å². The zero-order chi connectivity index (χ0) is 10.9. The first-order valence-electron chi connectivity index (χ1n) is 5.51. The number of amides is 1. The number of aliphatic hydroxyl groups is 1. The molecule has 1 fully saturated rings. The maximum Gasteiger partial charge on any atom is 0.236 e. The molecule has 2 N–H and O–H groups in total. The molecule has 5 nitrogen and oxygen atoms in total. The van der Waals surface area contributed by atoms with Crippen molar-refractivity contribution in [2.45, 2.75) is 12.8 Å². The number of hydrogen-bond donors (Lipinski definition) is 2. The molecule has 1 saturated heterocycles. The predicted molar refractivity (Wildman–Crippen MR) is 56.6 cm³/mol. The number of ether oxygens (including phenoxy) is 1. The molecular formula is C10H20N2O3. The third-order valence-electron chi connectivity index (χ3n) is 2.40. The van der Waals surface area contributed by atoms with Crippen molar-refractivity contribution in [3.8, 4) is 0 Å². The summed E-state index contributed by atoms with van der Waals surface area (Å²) in [7, 11) is 0. The lowest BCUT2D eigenvalue weighted by Crippen LogP contribution is -2.44. The Morgan fingerprint density at radius 3 is 2.73 bits per heavy atom. The van der Waals surface area contributed by atoms with Crippen LogP contribution in [0.5, 0.6) is 0 Å². The number of unbranched alkanes of at least 4 members (excludes halogenated alkanes) is 1. The predicted octanol–water partition coefficient (Wildman–Crippen LogP) is -0.793. The maximum absolute atomic E-state index is 11.6. The van der Waals surface area contributed by atoms with Crippen LogP contribution in [0.25, 0.3) is 0 Å². The first kappa shape index (κ1) is 12.4. The monoisotopic (exact) mass is 216 g/mol. The molecule has 0 atom stereocenters. The molecular weight excluding hydrogens is 196 g/mol. The Kier molecular flexibility index (Phi) is 6.31. The van der Waals surface area contributed by atoms with E-state index in [-0.39, 0.29) is 12.5 Å². The Bertz CT molecular complexity index is 182. The highest BCUT2D eigenvalue weighted by Gasteiger charge is 2.15. The van der Waals surface area contributed by atoms with Crippen molar-refractivity contribution in [1.82, 2.24) is 10.2 Å². The van der Waals surface area contributed by atoms with E-state index in [0.29, 0.717) is 32.8 Å². The van der Waals surface area contributed by atoms with Gasteiger partial charge in [-0.25, -0.2) is 0 Å². The topological polar surface area (TPSA) is 61.8 Å². The summed E-state index contributed by atoms with van der Waals surface area (Å²) in [5, 5.41) is 11.6. The van der Waals surface area contributed by atoms with Crippen molar-refractivity contribution >= 4 is 5.91 Å². The van der Waals surface area contributed by atoms with E-state index in [4.69, 9.17) is 9.84 Å². The van der Waals surface area contributed by atoms with Crippen LogP contribution in [-0.4, -0.2) is 61.9 Å². The Balaban J connectivity index is 2.02. The van der Waals surface area contributed by atoms with E-state index in [1.54, 1.807) is 0 Å². The summed E-state index contributed by atoms with van der Waals surface area (Å²) in [5.41, 5.74) is 0. The van der Waals surface area contributed by atoms with Gasteiger partial charge in [0.25, 0.3) is 0 Å². The van der Waals surface area contributed by atoms with Crippen LogP contribution in [0, 0.1) is 0 Å². The van der Waals surface area contributed by atoms with Crippen LogP contribution >= 0.6 is 0 Å². The number of hydrogen-bond acceptors (Lipinski definition) is 4. The summed E-state index contributed by atoms with van der Waals surface area (Å²) >= 11 is 0. The van der Waals surface area contributed by atoms with Gasteiger partial charge in [0.15, 0.2) is 0 Å². The number of nitrogens with zero attached hydrogens (tertiary/aromatic N) is 1. The molecule has 1 rings (SSSR count). The van der Waals surface area contributed by atoms with Gasteiger partial charge in [-0.2, -0.15) is 0 Å². The van der Waals surface area contributed by atoms with Crippen LogP contribution in [0.3, 0.4) is 0 Å². The molecule has 1 amide bonds. The van der Waals surface area contributed by atoms with Crippen molar-refractivity contribution in [2.24, 2.45) is 0 Å². The summed E-state index contributed by atoms with van der Waals surface area (Å²) in [6, 6.07) is 0. The minimum atomic E-state index is 0.141. The van der Waals surface area contributed by atoms with Gasteiger partial charge in [0.2, 0.25) is 5.91 Å². The van der Waals surface area contributed by atoms with E-state index in [0.717, 1.165) is 19.4 Å². The molecule has 0 unspecified atom stereocenters. The van der Waals surface area contributed by atoms with Gasteiger partial charge in [-0.1, -0.05) is 0 Å². The summed E-state index contributed by atoms with van der Waals surface area (Å²) in [4.78, 5) is 13.4. The largest absolute Gasteiger partial charge is 0.396 e. The first-order valence-corrected chi connectivity index (χ1v) is 5.51. The number of morpholine rings is 1. The highest BCUT2D eigenvalue weighted by atomic mass is 16.5. The maximum atomic E-state index is 11.6. The standard InChI is InChI=1S/C10H20N2O3/c13-6-2-1-3-11-9-10(14)12-4-7-15-8-5-12/h11,13H,1-9H2. The van der Waals surface area contributed by atoms with Crippen molar-refractivity contribution in [1.29, 1.82) is 0 Å². The fourth-order valence-electron chi connectivity index (χ4n) is 1.48. The second kappa shape index (κ2) is 7.62. The first-order chi connectivity index (χ1) is 7.34. The third-order valence-corrected chi connectivity index (χ3v) is 2.40. The van der Waals surface area contributed by atoms with Crippen LogP contribution in [0.15, 0.2) is 0 Å². The van der Waals surface area contributed by atoms with Gasteiger partial charge >= 0.3 is 0 Å². The number of aliphatic hydroxyl groups excluding tert-OH is 1. The number of carbonyl (C=O) groups excluding carboxylic acids is 1. The summed E-state index contributed by atoms with van der Waals surface area (Å²) in [5.74, 6) is 0.141. The van der Waals surface area contributed by atoms with Crippen molar-refractivity contribution in [3.63, 3.8) is 0 Å². The Morgan fingerprint density at radius 1 is 1.33 bits per heavy atom. The molecule has 1 heterocycles. The lowest BCUT2D eigenvalue weighted by molar-refractivity contribution is -0.134. The molecule has 1 aliphatic heterocycles. The van der Waals surface area contributed by atoms with Gasteiger partial charge in [-0.05, 0) is 19.4 Å². The lowest BCUT2D eigenvalue weighted by atomic mass is 10.3. The highest BCUT2D eigenvalue weighted by molar-refractivity contribution is 5.78. The Morgan fingerprint density at radius 2 is 2.07 bits per heavy atom. The molecule has 0 aromatic carbocycles. The summed E-state index contributed by atoms with van der Waals surface area (Å²) < 4.78 is 5.17. The van der Waals surface area contributed by atoms with Crippen molar-refractivity contribution in [2.75, 3.05) is 46.0 Å². The van der Waals surface area contributed by atoms with Crippen molar-refractivity contribution < 1.29 is 14.6 Å². The minimum Gasteiger partial charge on any atom is -0.396 e. The second-order valence-electron chi connectivity index (χ2n) is 3.60. The molecule has 0 aromatic rings. The molecule has 0 aromatic heterocycles. The molecule has 0 aliphatic carbocycles. The van der Waals surface area contributed by atoms with E-state index < -0.39 is 0 Å². The molecule has 15 heavy (non-hydrogen) atoms. The highest BCUT2D eigenvalue weighted by Crippen LogP contribution is 1.96. The van der Waals surface area contributed by atoms with E-state index in [9.17, 15) is 4.79 Å². The van der Waals surface area contributed by atoms with Crippen LogP contribution in [-0.2, 0) is 9.53 Å². The molecule has 0 spiro atoms. The molecule has 0 radical (unpaired) electrons. The second-order valence-corrected chi connectivity index (χ2v) is 3.60. The average molecular weight is 216 g/mol. The van der Waals surface area contributed by atoms with Gasteiger partial charge < -0.3 is 20.1 Å². The zero-order valence-corrected chi connectivity index (χ0v) is 9.07. The smallest absolute Gasteiger partial charge is 0.236 e. The van der Waals surface area contributed by atoms with Gasteiger partial charge in [-0.15, -0.1) is 0 Å². The van der Waals surface area contributed by atoms with Crippen LogP contribution in [0.4, 0.5) is 0 Å². The van der Waals surface area contributed by atoms with Gasteiger partial charge in [0, 0.05) is 19.7 Å². The fraction of sp³-hybridized carbons (Fsp3) is 0.900. The lowest BCUT2D eigenvalue weighted by Gasteiger charge is -2.26. The summed E-state index contributed by atoms with van der Waals surface area (Å²) in [6.07, 6.45) is 1.70. The average Bonchev–Trinajstić information content (AvgIpc) is 2.30. The number of nitrogens with one attached hydrogen (secondary N) is 1. The minimum absolute atomic E-state index is 0.141. The van der Waals surface area contributed by atoms with E-state index in [1.807, 2.05) is 4.90 Å². The van der Waals surface area contributed by atoms with Gasteiger partial charge in [0.1, 0.15) is 0 Å². The van der Waals surface area contributed by atoms with E-state index in [1.165, 1.54) is 0 Å². The number of carbonyl (C=O) groups is 1. The molecule has 0 bridgehead atoms. The SMILES string of the molecule is O=C(CNCCCCO)N1CCOCC1. The normalized spacial score (nSPS) is 16.7.